The van der Waals surface area contributed by atoms with Crippen LogP contribution in [0.25, 0.3) is 17.5 Å². The van der Waals surface area contributed by atoms with Crippen molar-refractivity contribution in [1.29, 1.82) is 0 Å². The quantitative estimate of drug-likeness (QED) is 0.469. The highest BCUT2D eigenvalue weighted by Crippen LogP contribution is 2.30. The van der Waals surface area contributed by atoms with E-state index in [1.807, 2.05) is 68.6 Å². The Morgan fingerprint density at radius 3 is 2.79 bits per heavy atom. The normalized spacial score (nSPS) is 18.3. The Hall–Kier alpha value is -3.52. The summed E-state index contributed by atoms with van der Waals surface area (Å²) < 4.78 is 13.6. The van der Waals surface area contributed by atoms with Crippen molar-refractivity contribution in [3.05, 3.63) is 65.5 Å². The van der Waals surface area contributed by atoms with E-state index in [4.69, 9.17) is 14.5 Å². The zero-order chi connectivity index (χ0) is 23.9. The molecule has 0 spiro atoms. The molecular formula is C26H30N4O4. The molecule has 0 aliphatic heterocycles. The number of carbonyl (C=O) groups is 1. The van der Waals surface area contributed by atoms with E-state index in [1.54, 1.807) is 4.68 Å². The SMILES string of the molecule is Cc1nc(-c2nnn(C)c2/C=C\COCc2ccccc2)ccc1O[C@H]1CCC[C@H](C(=O)O)C1. The number of rotatable bonds is 9. The van der Waals surface area contributed by atoms with Crippen molar-refractivity contribution in [3.8, 4) is 17.1 Å². The van der Waals surface area contributed by atoms with Gasteiger partial charge in [0.1, 0.15) is 11.4 Å². The van der Waals surface area contributed by atoms with Crippen LogP contribution in [0.2, 0.25) is 0 Å². The van der Waals surface area contributed by atoms with Crippen molar-refractivity contribution >= 4 is 12.0 Å². The molecule has 178 valence electrons. The molecule has 0 bridgehead atoms. The van der Waals surface area contributed by atoms with Crippen LogP contribution in [0.15, 0.2) is 48.5 Å². The number of aromatic nitrogens is 4. The number of benzene rings is 1. The summed E-state index contributed by atoms with van der Waals surface area (Å²) in [5.41, 5.74) is 4.09. The third-order valence-corrected chi connectivity index (χ3v) is 6.02. The summed E-state index contributed by atoms with van der Waals surface area (Å²) in [7, 11) is 1.84. The van der Waals surface area contributed by atoms with Gasteiger partial charge >= 0.3 is 5.97 Å². The lowest BCUT2D eigenvalue weighted by molar-refractivity contribution is -0.143. The number of hydrogen-bond donors (Lipinski definition) is 1. The third-order valence-electron chi connectivity index (χ3n) is 6.02. The standard InChI is InChI=1S/C26H30N4O4/c1-18-24(34-21-11-6-10-20(16-21)26(31)32)14-13-22(27-18)25-23(30(2)29-28-25)12-7-15-33-17-19-8-4-3-5-9-19/h3-5,7-9,12-14,20-21H,6,10-11,15-17H2,1-2H3,(H,31,32)/b12-7-/t20-,21-/m0/s1. The van der Waals surface area contributed by atoms with E-state index in [9.17, 15) is 9.90 Å². The van der Waals surface area contributed by atoms with Crippen LogP contribution >= 0.6 is 0 Å². The molecular weight excluding hydrogens is 432 g/mol. The third kappa shape index (κ3) is 5.88. The minimum atomic E-state index is -0.743. The van der Waals surface area contributed by atoms with Gasteiger partial charge in [0, 0.05) is 7.05 Å². The number of carboxylic acids is 1. The number of aryl methyl sites for hydroxylation is 2. The van der Waals surface area contributed by atoms with Crippen LogP contribution in [0, 0.1) is 12.8 Å². The monoisotopic (exact) mass is 462 g/mol. The van der Waals surface area contributed by atoms with Crippen molar-refractivity contribution in [3.63, 3.8) is 0 Å². The van der Waals surface area contributed by atoms with Gasteiger partial charge < -0.3 is 14.6 Å². The molecule has 0 radical (unpaired) electrons. The molecule has 1 aliphatic rings. The zero-order valence-corrected chi connectivity index (χ0v) is 19.6. The van der Waals surface area contributed by atoms with Gasteiger partial charge in [-0.15, -0.1) is 5.10 Å². The van der Waals surface area contributed by atoms with Gasteiger partial charge in [0.2, 0.25) is 0 Å². The number of pyridine rings is 1. The lowest BCUT2D eigenvalue weighted by Crippen LogP contribution is -2.29. The van der Waals surface area contributed by atoms with Gasteiger partial charge in [-0.2, -0.15) is 0 Å². The Morgan fingerprint density at radius 2 is 2.03 bits per heavy atom. The fourth-order valence-electron chi connectivity index (χ4n) is 4.17. The Balaban J connectivity index is 1.40. The number of carboxylic acid groups (broad SMARTS) is 1. The van der Waals surface area contributed by atoms with Crippen LogP contribution in [0.1, 0.15) is 42.6 Å². The first-order chi connectivity index (χ1) is 16.5. The predicted octanol–water partition coefficient (Wildman–Crippen LogP) is 4.44. The maximum absolute atomic E-state index is 11.3. The lowest BCUT2D eigenvalue weighted by atomic mass is 9.87. The van der Waals surface area contributed by atoms with E-state index < -0.39 is 5.97 Å². The molecule has 8 heteroatoms. The van der Waals surface area contributed by atoms with E-state index in [0.29, 0.717) is 43.2 Å². The van der Waals surface area contributed by atoms with Gasteiger partial charge in [-0.25, -0.2) is 9.67 Å². The van der Waals surface area contributed by atoms with Crippen LogP contribution in [0.3, 0.4) is 0 Å². The van der Waals surface area contributed by atoms with Gasteiger partial charge in [0.05, 0.1) is 42.3 Å². The number of ether oxygens (including phenoxy) is 2. The van der Waals surface area contributed by atoms with Crippen molar-refractivity contribution < 1.29 is 19.4 Å². The van der Waals surface area contributed by atoms with E-state index in [2.05, 4.69) is 10.3 Å². The van der Waals surface area contributed by atoms with Gasteiger partial charge in [-0.1, -0.05) is 41.6 Å². The second-order valence-corrected chi connectivity index (χ2v) is 8.57. The summed E-state index contributed by atoms with van der Waals surface area (Å²) in [5.74, 6) is -0.404. The summed E-state index contributed by atoms with van der Waals surface area (Å²) >= 11 is 0. The molecule has 2 heterocycles. The lowest BCUT2D eigenvalue weighted by Gasteiger charge is -2.27. The van der Waals surface area contributed by atoms with Gasteiger partial charge in [0.15, 0.2) is 0 Å². The van der Waals surface area contributed by atoms with Crippen LogP contribution in [0.4, 0.5) is 0 Å². The maximum Gasteiger partial charge on any atom is 0.306 e. The van der Waals surface area contributed by atoms with Gasteiger partial charge in [-0.05, 0) is 56.4 Å². The molecule has 1 fully saturated rings. The number of aliphatic carboxylic acids is 1. The highest BCUT2D eigenvalue weighted by atomic mass is 16.5. The summed E-state index contributed by atoms with van der Waals surface area (Å²) in [6, 6.07) is 13.8. The van der Waals surface area contributed by atoms with Gasteiger partial charge in [-0.3, -0.25) is 4.79 Å². The maximum atomic E-state index is 11.3. The first-order valence-corrected chi connectivity index (χ1v) is 11.6. The molecule has 1 N–H and O–H groups in total. The number of nitrogens with zero attached hydrogens (tertiary/aromatic N) is 4. The van der Waals surface area contributed by atoms with Crippen LogP contribution < -0.4 is 4.74 Å². The summed E-state index contributed by atoms with van der Waals surface area (Å²) in [4.78, 5) is 16.0. The molecule has 1 saturated carbocycles. The van der Waals surface area contributed by atoms with Crippen molar-refractivity contribution in [2.75, 3.05) is 6.61 Å². The molecule has 0 saturated heterocycles. The summed E-state index contributed by atoms with van der Waals surface area (Å²) in [6.45, 7) is 2.91. The molecule has 2 atom stereocenters. The molecule has 0 unspecified atom stereocenters. The fourth-order valence-corrected chi connectivity index (χ4v) is 4.17. The van der Waals surface area contributed by atoms with E-state index in [-0.39, 0.29) is 12.0 Å². The fraction of sp³-hybridized carbons (Fsp3) is 0.385. The Labute approximate surface area is 199 Å². The average Bonchev–Trinajstić information content (AvgIpc) is 3.21. The minimum absolute atomic E-state index is 0.105. The number of hydrogen-bond acceptors (Lipinski definition) is 6. The molecule has 4 rings (SSSR count). The van der Waals surface area contributed by atoms with Crippen LogP contribution in [0.5, 0.6) is 5.75 Å². The first kappa shape index (κ1) is 23.6. The molecule has 3 aromatic rings. The Bertz CT molecular complexity index is 1140. The molecule has 1 aliphatic carbocycles. The summed E-state index contributed by atoms with van der Waals surface area (Å²) in [5, 5.41) is 17.8. The van der Waals surface area contributed by atoms with Crippen molar-refractivity contribution in [2.45, 2.75) is 45.3 Å². The first-order valence-electron chi connectivity index (χ1n) is 11.6. The average molecular weight is 463 g/mol. The van der Waals surface area contributed by atoms with Crippen molar-refractivity contribution in [2.24, 2.45) is 13.0 Å². The molecule has 2 aromatic heterocycles. The van der Waals surface area contributed by atoms with Gasteiger partial charge in [0.25, 0.3) is 0 Å². The van der Waals surface area contributed by atoms with Crippen molar-refractivity contribution in [1.82, 2.24) is 20.0 Å². The second-order valence-electron chi connectivity index (χ2n) is 8.57. The smallest absolute Gasteiger partial charge is 0.306 e. The second kappa shape index (κ2) is 11.1. The molecule has 0 amide bonds. The topological polar surface area (TPSA) is 99.4 Å². The summed E-state index contributed by atoms with van der Waals surface area (Å²) in [6.07, 6.45) is 6.74. The largest absolute Gasteiger partial charge is 0.489 e. The molecule has 8 nitrogen and oxygen atoms in total. The van der Waals surface area contributed by atoms with E-state index >= 15 is 0 Å². The molecule has 34 heavy (non-hydrogen) atoms. The zero-order valence-electron chi connectivity index (χ0n) is 19.6. The Morgan fingerprint density at radius 1 is 1.21 bits per heavy atom. The minimum Gasteiger partial charge on any atom is -0.489 e. The predicted molar refractivity (Wildman–Crippen MR) is 128 cm³/mol. The Kier molecular flexibility index (Phi) is 7.69. The molecule has 1 aromatic carbocycles. The van der Waals surface area contributed by atoms with Crippen LogP contribution in [-0.4, -0.2) is 43.8 Å². The van der Waals surface area contributed by atoms with Crippen LogP contribution in [-0.2, 0) is 23.2 Å². The van der Waals surface area contributed by atoms with E-state index in [0.717, 1.165) is 29.8 Å². The highest BCUT2D eigenvalue weighted by molar-refractivity contribution is 5.70. The van der Waals surface area contributed by atoms with E-state index in [1.165, 1.54) is 0 Å². The highest BCUT2D eigenvalue weighted by Gasteiger charge is 2.28.